The second-order valence-corrected chi connectivity index (χ2v) is 10.1. The van der Waals surface area contributed by atoms with Crippen molar-refractivity contribution in [2.75, 3.05) is 38.2 Å². The number of nitrogens with zero attached hydrogens (tertiary/aromatic N) is 4. The predicted octanol–water partition coefficient (Wildman–Crippen LogP) is 5.94. The first kappa shape index (κ1) is 22.9. The van der Waals surface area contributed by atoms with Crippen LogP contribution in [-0.4, -0.2) is 52.3 Å². The molecule has 1 aliphatic rings. The van der Waals surface area contributed by atoms with Crippen LogP contribution in [0.15, 0.2) is 84.6 Å². The Morgan fingerprint density at radius 3 is 2.64 bits per heavy atom. The largest absolute Gasteiger partial charge is 0.379 e. The molecule has 0 aliphatic carbocycles. The zero-order chi connectivity index (χ0) is 24.3. The number of rotatable bonds is 7. The van der Waals surface area contributed by atoms with Crippen molar-refractivity contribution in [3.8, 4) is 16.8 Å². The molecule has 0 saturated carbocycles. The predicted molar refractivity (Wildman–Crippen MR) is 147 cm³/mol. The second-order valence-electron chi connectivity index (χ2n) is 9.10. The Bertz CT molecular complexity index is 1440. The third-order valence-corrected chi connectivity index (χ3v) is 7.74. The maximum Gasteiger partial charge on any atom is 0.150 e. The van der Waals surface area contributed by atoms with Gasteiger partial charge in [-0.25, -0.2) is 9.97 Å². The molecule has 2 aromatic carbocycles. The normalized spacial score (nSPS) is 15.2. The molecule has 1 fully saturated rings. The molecule has 3 aromatic heterocycles. The highest BCUT2D eigenvalue weighted by Gasteiger charge is 2.24. The van der Waals surface area contributed by atoms with E-state index in [1.165, 1.54) is 10.4 Å². The molecule has 0 radical (unpaired) electrons. The third-order valence-electron chi connectivity index (χ3n) is 6.77. The highest BCUT2D eigenvalue weighted by Crippen LogP contribution is 2.36. The number of ether oxygens (including phenoxy) is 1. The molecule has 0 unspecified atom stereocenters. The van der Waals surface area contributed by atoms with Crippen molar-refractivity contribution >= 4 is 28.2 Å². The summed E-state index contributed by atoms with van der Waals surface area (Å²) in [5.74, 6) is 0.861. The molecule has 0 amide bonds. The van der Waals surface area contributed by atoms with E-state index in [9.17, 15) is 0 Å². The Hall–Kier alpha value is -3.52. The summed E-state index contributed by atoms with van der Waals surface area (Å²) in [7, 11) is 0. The summed E-state index contributed by atoms with van der Waals surface area (Å²) in [6.45, 7) is 6.29. The molecule has 182 valence electrons. The molecule has 7 heteroatoms. The van der Waals surface area contributed by atoms with Gasteiger partial charge in [0, 0.05) is 42.0 Å². The van der Waals surface area contributed by atoms with E-state index in [0.29, 0.717) is 0 Å². The summed E-state index contributed by atoms with van der Waals surface area (Å²) in [5, 5.41) is 6.91. The molecule has 36 heavy (non-hydrogen) atoms. The number of aromatic nitrogens is 3. The molecule has 4 heterocycles. The van der Waals surface area contributed by atoms with Crippen LogP contribution in [-0.2, 0) is 4.74 Å². The van der Waals surface area contributed by atoms with Crippen molar-refractivity contribution in [3.05, 3.63) is 95.1 Å². The average Bonchev–Trinajstić information content (AvgIpc) is 3.59. The summed E-state index contributed by atoms with van der Waals surface area (Å²) in [6.07, 6.45) is 3.86. The Kier molecular flexibility index (Phi) is 6.51. The quantitative estimate of drug-likeness (QED) is 0.303. The van der Waals surface area contributed by atoms with E-state index >= 15 is 0 Å². The zero-order valence-corrected chi connectivity index (χ0v) is 21.1. The Labute approximate surface area is 215 Å². The van der Waals surface area contributed by atoms with Crippen LogP contribution >= 0.6 is 11.3 Å². The number of thiophene rings is 1. The Morgan fingerprint density at radius 2 is 1.86 bits per heavy atom. The van der Waals surface area contributed by atoms with Crippen molar-refractivity contribution in [2.45, 2.75) is 13.0 Å². The van der Waals surface area contributed by atoms with E-state index in [1.54, 1.807) is 17.7 Å². The van der Waals surface area contributed by atoms with Gasteiger partial charge in [0.15, 0.2) is 5.65 Å². The fraction of sp³-hybridized carbons (Fsp3) is 0.241. The monoisotopic (exact) mass is 495 g/mol. The molecule has 1 aliphatic heterocycles. The topological polar surface area (TPSA) is 55.2 Å². The first-order valence-electron chi connectivity index (χ1n) is 12.4. The minimum atomic E-state index is 0.262. The molecular formula is C29H29N5OS. The average molecular weight is 496 g/mol. The zero-order valence-electron chi connectivity index (χ0n) is 20.3. The van der Waals surface area contributed by atoms with Gasteiger partial charge < -0.3 is 14.6 Å². The molecule has 0 bridgehead atoms. The summed E-state index contributed by atoms with van der Waals surface area (Å²) in [4.78, 5) is 13.4. The Balaban J connectivity index is 1.42. The lowest BCUT2D eigenvalue weighted by Gasteiger charge is -2.34. The molecule has 0 spiro atoms. The van der Waals surface area contributed by atoms with E-state index in [-0.39, 0.29) is 6.04 Å². The fourth-order valence-corrected chi connectivity index (χ4v) is 5.84. The lowest BCUT2D eigenvalue weighted by molar-refractivity contribution is 0.0194. The molecule has 5 aromatic rings. The van der Waals surface area contributed by atoms with Gasteiger partial charge in [0.25, 0.3) is 0 Å². The van der Waals surface area contributed by atoms with E-state index in [4.69, 9.17) is 14.7 Å². The molecule has 1 saturated heterocycles. The van der Waals surface area contributed by atoms with Crippen LogP contribution in [0.2, 0.25) is 0 Å². The number of hydrogen-bond donors (Lipinski definition) is 1. The SMILES string of the molecule is Cc1cccc(-n2cc(-c3ccccc3)c3c(NC[C@H](c4cccs4)N4CCOCC4)ncnc32)c1. The molecule has 1 N–H and O–H groups in total. The summed E-state index contributed by atoms with van der Waals surface area (Å²) < 4.78 is 7.80. The Morgan fingerprint density at radius 1 is 1.00 bits per heavy atom. The molecule has 1 atom stereocenters. The van der Waals surface area contributed by atoms with Gasteiger partial charge in [-0.3, -0.25) is 4.90 Å². The van der Waals surface area contributed by atoms with Gasteiger partial charge in [-0.1, -0.05) is 48.5 Å². The van der Waals surface area contributed by atoms with Crippen LogP contribution < -0.4 is 5.32 Å². The maximum absolute atomic E-state index is 5.62. The number of benzene rings is 2. The van der Waals surface area contributed by atoms with Gasteiger partial charge in [0.2, 0.25) is 0 Å². The highest BCUT2D eigenvalue weighted by atomic mass is 32.1. The highest BCUT2D eigenvalue weighted by molar-refractivity contribution is 7.10. The lowest BCUT2D eigenvalue weighted by Crippen LogP contribution is -2.41. The van der Waals surface area contributed by atoms with Crippen LogP contribution in [0.25, 0.3) is 27.8 Å². The van der Waals surface area contributed by atoms with Crippen molar-refractivity contribution in [1.29, 1.82) is 0 Å². The number of morpholine rings is 1. The van der Waals surface area contributed by atoms with Crippen LogP contribution in [0.4, 0.5) is 5.82 Å². The van der Waals surface area contributed by atoms with E-state index < -0.39 is 0 Å². The van der Waals surface area contributed by atoms with Crippen molar-refractivity contribution in [3.63, 3.8) is 0 Å². The molecule has 6 rings (SSSR count). The number of fused-ring (bicyclic) bond motifs is 1. The maximum atomic E-state index is 5.62. The van der Waals surface area contributed by atoms with Crippen LogP contribution in [0.5, 0.6) is 0 Å². The smallest absolute Gasteiger partial charge is 0.150 e. The molecule has 6 nitrogen and oxygen atoms in total. The van der Waals surface area contributed by atoms with Crippen LogP contribution in [0, 0.1) is 6.92 Å². The minimum absolute atomic E-state index is 0.262. The number of aryl methyl sites for hydroxylation is 1. The van der Waals surface area contributed by atoms with Gasteiger partial charge >= 0.3 is 0 Å². The van der Waals surface area contributed by atoms with Gasteiger partial charge in [-0.05, 0) is 41.6 Å². The van der Waals surface area contributed by atoms with E-state index in [2.05, 4.69) is 93.9 Å². The first-order valence-corrected chi connectivity index (χ1v) is 13.2. The number of hydrogen-bond acceptors (Lipinski definition) is 6. The van der Waals surface area contributed by atoms with Crippen molar-refractivity contribution in [2.24, 2.45) is 0 Å². The second kappa shape index (κ2) is 10.2. The number of nitrogens with one attached hydrogen (secondary N) is 1. The summed E-state index contributed by atoms with van der Waals surface area (Å²) in [5.41, 5.74) is 5.48. The summed E-state index contributed by atoms with van der Waals surface area (Å²) >= 11 is 1.81. The lowest BCUT2D eigenvalue weighted by atomic mass is 10.1. The van der Waals surface area contributed by atoms with Crippen LogP contribution in [0.3, 0.4) is 0 Å². The van der Waals surface area contributed by atoms with Gasteiger partial charge in [-0.2, -0.15) is 0 Å². The first-order chi connectivity index (χ1) is 17.8. The van der Waals surface area contributed by atoms with Crippen molar-refractivity contribution < 1.29 is 4.74 Å². The van der Waals surface area contributed by atoms with Gasteiger partial charge in [-0.15, -0.1) is 11.3 Å². The van der Waals surface area contributed by atoms with E-state index in [0.717, 1.165) is 66.5 Å². The molecular weight excluding hydrogens is 466 g/mol. The van der Waals surface area contributed by atoms with Gasteiger partial charge in [0.1, 0.15) is 12.1 Å². The summed E-state index contributed by atoms with van der Waals surface area (Å²) in [6, 6.07) is 23.6. The fourth-order valence-electron chi connectivity index (χ4n) is 4.98. The standard InChI is InChI=1S/C29H29N5OS/c1-21-7-5-10-23(17-21)34-19-24(22-8-3-2-4-9-22)27-28(31-20-32-29(27)34)30-18-25(26-11-6-16-36-26)33-12-14-35-15-13-33/h2-11,16-17,19-20,25H,12-15,18H2,1H3,(H,30,31,32)/t25-/m1/s1. The van der Waals surface area contributed by atoms with Gasteiger partial charge in [0.05, 0.1) is 24.6 Å². The van der Waals surface area contributed by atoms with Crippen molar-refractivity contribution in [1.82, 2.24) is 19.4 Å². The minimum Gasteiger partial charge on any atom is -0.379 e. The third kappa shape index (κ3) is 4.53. The number of anilines is 1. The van der Waals surface area contributed by atoms with Crippen LogP contribution in [0.1, 0.15) is 16.5 Å². The van der Waals surface area contributed by atoms with E-state index in [1.807, 2.05) is 6.07 Å².